The number of nitrogens with zero attached hydrogens (tertiary/aromatic N) is 1. The van der Waals surface area contributed by atoms with Gasteiger partial charge in [0.15, 0.2) is 11.5 Å². The lowest BCUT2D eigenvalue weighted by atomic mass is 10.0. The maximum Gasteiger partial charge on any atom is 0.305 e. The van der Waals surface area contributed by atoms with Crippen LogP contribution in [-0.2, 0) is 14.4 Å². The van der Waals surface area contributed by atoms with Gasteiger partial charge in [0.25, 0.3) is 0 Å². The van der Waals surface area contributed by atoms with Crippen molar-refractivity contribution < 1.29 is 29.0 Å². The molecular formula is C25H30N2O6. The quantitative estimate of drug-likeness (QED) is 0.570. The predicted molar refractivity (Wildman–Crippen MR) is 124 cm³/mol. The molecule has 0 aromatic heterocycles. The molecule has 8 nitrogen and oxygen atoms in total. The van der Waals surface area contributed by atoms with Gasteiger partial charge in [0.05, 0.1) is 32.1 Å². The molecular weight excluding hydrogens is 424 g/mol. The fourth-order valence-corrected chi connectivity index (χ4v) is 3.81. The Hall–Kier alpha value is -3.55. The molecule has 3 rings (SSSR count). The van der Waals surface area contributed by atoms with Crippen molar-refractivity contribution >= 4 is 23.5 Å². The third-order valence-corrected chi connectivity index (χ3v) is 5.59. The highest BCUT2D eigenvalue weighted by molar-refractivity contribution is 6.00. The average molecular weight is 455 g/mol. The van der Waals surface area contributed by atoms with E-state index >= 15 is 0 Å². The first-order valence-corrected chi connectivity index (χ1v) is 11.0. The van der Waals surface area contributed by atoms with E-state index < -0.39 is 17.9 Å². The fourth-order valence-electron chi connectivity index (χ4n) is 3.81. The Balaban J connectivity index is 1.75. The molecule has 8 heteroatoms. The first-order chi connectivity index (χ1) is 15.8. The number of carbonyl (C=O) groups is 3. The van der Waals surface area contributed by atoms with Crippen molar-refractivity contribution in [2.24, 2.45) is 5.92 Å². The summed E-state index contributed by atoms with van der Waals surface area (Å²) in [6, 6.07) is 11.9. The molecule has 0 aliphatic carbocycles. The van der Waals surface area contributed by atoms with Gasteiger partial charge in [-0.3, -0.25) is 14.4 Å². The number of carbonyl (C=O) groups excluding carboxylic acids is 2. The molecule has 0 bridgehead atoms. The van der Waals surface area contributed by atoms with Crippen molar-refractivity contribution in [1.29, 1.82) is 0 Å². The number of rotatable bonds is 10. The predicted octanol–water partition coefficient (Wildman–Crippen LogP) is 3.48. The van der Waals surface area contributed by atoms with Gasteiger partial charge in [-0.2, -0.15) is 0 Å². The molecule has 0 radical (unpaired) electrons. The SMILES string of the molecule is CCCOc1ccc(C(CC(=O)O)NC(=O)C2CC(=O)N(c3ccc(C)cc3)C2)cc1OC. The molecule has 2 N–H and O–H groups in total. The van der Waals surface area contributed by atoms with Crippen molar-refractivity contribution in [3.63, 3.8) is 0 Å². The number of nitrogens with one attached hydrogen (secondary N) is 1. The van der Waals surface area contributed by atoms with E-state index in [2.05, 4.69) is 5.32 Å². The van der Waals surface area contributed by atoms with Crippen LogP contribution in [0.15, 0.2) is 42.5 Å². The molecule has 0 spiro atoms. The summed E-state index contributed by atoms with van der Waals surface area (Å²) >= 11 is 0. The van der Waals surface area contributed by atoms with Gasteiger partial charge in [-0.1, -0.05) is 30.7 Å². The van der Waals surface area contributed by atoms with E-state index in [0.717, 1.165) is 17.7 Å². The van der Waals surface area contributed by atoms with E-state index in [1.54, 1.807) is 23.1 Å². The molecule has 1 aliphatic rings. The fraction of sp³-hybridized carbons (Fsp3) is 0.400. The number of amides is 2. The van der Waals surface area contributed by atoms with Crippen LogP contribution in [0.2, 0.25) is 0 Å². The Bertz CT molecular complexity index is 1000. The number of carboxylic acids is 1. The molecule has 1 saturated heterocycles. The molecule has 0 saturated carbocycles. The molecule has 2 aromatic carbocycles. The number of benzene rings is 2. The van der Waals surface area contributed by atoms with Crippen LogP contribution in [-0.4, -0.2) is 43.2 Å². The summed E-state index contributed by atoms with van der Waals surface area (Å²) in [6.45, 7) is 4.73. The van der Waals surface area contributed by atoms with Gasteiger partial charge >= 0.3 is 5.97 Å². The van der Waals surface area contributed by atoms with E-state index in [1.165, 1.54) is 7.11 Å². The van der Waals surface area contributed by atoms with Crippen LogP contribution in [0.1, 0.15) is 43.4 Å². The number of anilines is 1. The standard InChI is InChI=1S/C25H30N2O6/c1-4-11-33-21-10-7-17(12-22(21)32-3)20(14-24(29)30)26-25(31)18-13-23(28)27(15-18)19-8-5-16(2)6-9-19/h5-10,12,18,20H,4,11,13-15H2,1-3H3,(H,26,31)(H,29,30). The molecule has 2 aromatic rings. The molecule has 1 heterocycles. The first-order valence-electron chi connectivity index (χ1n) is 11.0. The number of hydrogen-bond donors (Lipinski definition) is 2. The lowest BCUT2D eigenvalue weighted by Crippen LogP contribution is -2.36. The third kappa shape index (κ3) is 6.03. The van der Waals surface area contributed by atoms with Crippen LogP contribution in [0.4, 0.5) is 5.69 Å². The van der Waals surface area contributed by atoms with Crippen molar-refractivity contribution in [3.05, 3.63) is 53.6 Å². The van der Waals surface area contributed by atoms with Crippen molar-refractivity contribution in [2.75, 3.05) is 25.2 Å². The van der Waals surface area contributed by atoms with E-state index in [-0.39, 0.29) is 31.2 Å². The van der Waals surface area contributed by atoms with Crippen LogP contribution in [0, 0.1) is 12.8 Å². The summed E-state index contributed by atoms with van der Waals surface area (Å²) in [5, 5.41) is 12.2. The molecule has 2 amide bonds. The molecule has 176 valence electrons. The lowest BCUT2D eigenvalue weighted by Gasteiger charge is -2.21. The minimum absolute atomic E-state index is 0.0760. The minimum atomic E-state index is -1.05. The molecule has 2 atom stereocenters. The van der Waals surface area contributed by atoms with Gasteiger partial charge in [-0.05, 0) is 43.2 Å². The summed E-state index contributed by atoms with van der Waals surface area (Å²) in [5.41, 5.74) is 2.42. The van der Waals surface area contributed by atoms with Crippen molar-refractivity contribution in [1.82, 2.24) is 5.32 Å². The Morgan fingerprint density at radius 3 is 2.55 bits per heavy atom. The molecule has 2 unspecified atom stereocenters. The summed E-state index contributed by atoms with van der Waals surface area (Å²) in [6.07, 6.45) is 0.612. The average Bonchev–Trinajstić information content (AvgIpc) is 3.19. The number of aryl methyl sites for hydroxylation is 1. The smallest absolute Gasteiger partial charge is 0.305 e. The summed E-state index contributed by atoms with van der Waals surface area (Å²) in [5.74, 6) is -1.08. The van der Waals surface area contributed by atoms with Crippen molar-refractivity contribution in [3.8, 4) is 11.5 Å². The normalized spacial score (nSPS) is 16.4. The second-order valence-electron chi connectivity index (χ2n) is 8.16. The highest BCUT2D eigenvalue weighted by Crippen LogP contribution is 2.32. The lowest BCUT2D eigenvalue weighted by molar-refractivity contribution is -0.138. The zero-order valence-electron chi connectivity index (χ0n) is 19.2. The van der Waals surface area contributed by atoms with Gasteiger partial charge in [0.2, 0.25) is 11.8 Å². The van der Waals surface area contributed by atoms with Gasteiger partial charge in [-0.25, -0.2) is 0 Å². The Labute approximate surface area is 193 Å². The Kier molecular flexibility index (Phi) is 7.92. The van der Waals surface area contributed by atoms with Crippen LogP contribution in [0.3, 0.4) is 0 Å². The number of methoxy groups -OCH3 is 1. The number of ether oxygens (including phenoxy) is 2. The summed E-state index contributed by atoms with van der Waals surface area (Å²) < 4.78 is 11.0. The van der Waals surface area contributed by atoms with Gasteiger partial charge in [0, 0.05) is 18.7 Å². The molecule has 33 heavy (non-hydrogen) atoms. The van der Waals surface area contributed by atoms with E-state index in [9.17, 15) is 19.5 Å². The monoisotopic (exact) mass is 454 g/mol. The topological polar surface area (TPSA) is 105 Å². The van der Waals surface area contributed by atoms with Gasteiger partial charge < -0.3 is 24.8 Å². The van der Waals surface area contributed by atoms with Crippen LogP contribution in [0.25, 0.3) is 0 Å². The highest BCUT2D eigenvalue weighted by Gasteiger charge is 2.36. The van der Waals surface area contributed by atoms with Gasteiger partial charge in [0.1, 0.15) is 0 Å². The maximum absolute atomic E-state index is 13.0. The number of hydrogen-bond acceptors (Lipinski definition) is 5. The van der Waals surface area contributed by atoms with E-state index in [0.29, 0.717) is 23.7 Å². The molecule has 1 fully saturated rings. The second-order valence-corrected chi connectivity index (χ2v) is 8.16. The Morgan fingerprint density at radius 1 is 1.18 bits per heavy atom. The highest BCUT2D eigenvalue weighted by atomic mass is 16.5. The summed E-state index contributed by atoms with van der Waals surface area (Å²) in [7, 11) is 1.51. The van der Waals surface area contributed by atoms with E-state index in [4.69, 9.17) is 9.47 Å². The van der Waals surface area contributed by atoms with Crippen molar-refractivity contribution in [2.45, 2.75) is 39.2 Å². The van der Waals surface area contributed by atoms with Crippen LogP contribution >= 0.6 is 0 Å². The largest absolute Gasteiger partial charge is 0.493 e. The van der Waals surface area contributed by atoms with Crippen LogP contribution in [0.5, 0.6) is 11.5 Å². The molecule has 1 aliphatic heterocycles. The van der Waals surface area contributed by atoms with E-state index in [1.807, 2.05) is 38.1 Å². The number of aliphatic carboxylic acids is 1. The minimum Gasteiger partial charge on any atom is -0.493 e. The third-order valence-electron chi connectivity index (χ3n) is 5.59. The van der Waals surface area contributed by atoms with Crippen LogP contribution < -0.4 is 19.7 Å². The maximum atomic E-state index is 13.0. The zero-order valence-corrected chi connectivity index (χ0v) is 19.2. The summed E-state index contributed by atoms with van der Waals surface area (Å²) in [4.78, 5) is 38.6. The Morgan fingerprint density at radius 2 is 1.91 bits per heavy atom. The zero-order chi connectivity index (χ0) is 24.0. The van der Waals surface area contributed by atoms with Gasteiger partial charge in [-0.15, -0.1) is 0 Å². The second kappa shape index (κ2) is 10.8. The first kappa shape index (κ1) is 24.1. The number of carboxylic acid groups (broad SMARTS) is 1.